The number of nitrogens with two attached hydrogens (primary N) is 1. The van der Waals surface area contributed by atoms with Gasteiger partial charge in [0.15, 0.2) is 5.84 Å². The number of hydrogen-bond donors (Lipinski definition) is 2. The quantitative estimate of drug-likeness (QED) is 0.363. The molecule has 0 aliphatic heterocycles. The predicted molar refractivity (Wildman–Crippen MR) is 70.3 cm³/mol. The minimum atomic E-state index is -0.612. The Morgan fingerprint density at radius 3 is 2.78 bits per heavy atom. The summed E-state index contributed by atoms with van der Waals surface area (Å²) in [7, 11) is 1.68. The van der Waals surface area contributed by atoms with Crippen LogP contribution in [0, 0.1) is 11.8 Å². The van der Waals surface area contributed by atoms with Gasteiger partial charge >= 0.3 is 0 Å². The van der Waals surface area contributed by atoms with Crippen molar-refractivity contribution in [2.24, 2.45) is 22.7 Å². The van der Waals surface area contributed by atoms with Gasteiger partial charge in [-0.25, -0.2) is 4.98 Å². The van der Waals surface area contributed by atoms with E-state index in [-0.39, 0.29) is 17.7 Å². The number of amides is 1. The molecular weight excluding hydrogens is 252 g/mol. The maximum atomic E-state index is 12.2. The molecule has 0 saturated heterocycles. The Morgan fingerprint density at radius 2 is 2.33 bits per heavy atom. The molecule has 1 heterocycles. The Hall–Kier alpha value is -1.63. The molecule has 1 aromatic rings. The molecule has 100 valence electrons. The van der Waals surface area contributed by atoms with Crippen LogP contribution in [0.3, 0.4) is 0 Å². The Balaban J connectivity index is 2.77. The van der Waals surface area contributed by atoms with Gasteiger partial charge in [-0.3, -0.25) is 4.79 Å². The normalized spacial score (nSPS) is 13.7. The molecule has 0 spiro atoms. The highest BCUT2D eigenvalue weighted by molar-refractivity contribution is 7.07. The molecule has 0 aromatic carbocycles. The average molecular weight is 270 g/mol. The third-order valence-corrected chi connectivity index (χ3v) is 3.26. The number of rotatable bonds is 5. The van der Waals surface area contributed by atoms with Crippen molar-refractivity contribution in [1.82, 2.24) is 9.88 Å². The number of aromatic nitrogens is 1. The Bertz CT molecular complexity index is 417. The minimum absolute atomic E-state index is 0.0358. The van der Waals surface area contributed by atoms with E-state index in [9.17, 15) is 4.79 Å². The summed E-state index contributed by atoms with van der Waals surface area (Å²) >= 11 is 1.48. The van der Waals surface area contributed by atoms with E-state index in [2.05, 4.69) is 10.1 Å². The molecule has 0 saturated carbocycles. The first-order valence-electron chi connectivity index (χ1n) is 5.56. The maximum Gasteiger partial charge on any atom is 0.233 e. The van der Waals surface area contributed by atoms with Crippen LogP contribution >= 0.6 is 11.3 Å². The number of thiazole rings is 1. The fraction of sp³-hybridized carbons (Fsp3) is 0.545. The Kier molecular flexibility index (Phi) is 5.08. The van der Waals surface area contributed by atoms with Crippen molar-refractivity contribution in [3.05, 3.63) is 16.6 Å². The van der Waals surface area contributed by atoms with Crippen LogP contribution in [0.15, 0.2) is 16.0 Å². The van der Waals surface area contributed by atoms with Gasteiger partial charge in [0.05, 0.1) is 17.7 Å². The molecule has 1 rings (SSSR count). The van der Waals surface area contributed by atoms with Crippen LogP contribution in [0.25, 0.3) is 0 Å². The molecule has 0 radical (unpaired) electrons. The van der Waals surface area contributed by atoms with Crippen molar-refractivity contribution in [3.63, 3.8) is 0 Å². The van der Waals surface area contributed by atoms with E-state index >= 15 is 0 Å². The summed E-state index contributed by atoms with van der Waals surface area (Å²) in [4.78, 5) is 17.9. The Morgan fingerprint density at radius 1 is 1.67 bits per heavy atom. The first-order valence-corrected chi connectivity index (χ1v) is 6.51. The summed E-state index contributed by atoms with van der Waals surface area (Å²) in [6.45, 7) is 4.14. The van der Waals surface area contributed by atoms with Crippen LogP contribution < -0.4 is 5.73 Å². The van der Waals surface area contributed by atoms with Gasteiger partial charge in [0, 0.05) is 12.4 Å². The molecule has 0 aliphatic carbocycles. The topological polar surface area (TPSA) is 91.8 Å². The van der Waals surface area contributed by atoms with E-state index in [0.717, 1.165) is 5.69 Å². The van der Waals surface area contributed by atoms with Crippen molar-refractivity contribution < 1.29 is 10.0 Å². The van der Waals surface area contributed by atoms with Crippen molar-refractivity contribution >= 4 is 23.1 Å². The SMILES string of the molecule is CC(C)C(C(=O)N(C)Cc1cscn1)/C(N)=N/O. The second-order valence-electron chi connectivity index (χ2n) is 4.42. The van der Waals surface area contributed by atoms with Gasteiger partial charge in [0.1, 0.15) is 5.92 Å². The molecule has 0 bridgehead atoms. The molecule has 18 heavy (non-hydrogen) atoms. The van der Waals surface area contributed by atoms with Gasteiger partial charge in [0.25, 0.3) is 0 Å². The number of carbonyl (C=O) groups excluding carboxylic acids is 1. The smallest absolute Gasteiger partial charge is 0.233 e. The first-order chi connectivity index (χ1) is 8.47. The lowest BCUT2D eigenvalue weighted by atomic mass is 9.93. The van der Waals surface area contributed by atoms with Crippen LogP contribution in [0.1, 0.15) is 19.5 Å². The van der Waals surface area contributed by atoms with Crippen LogP contribution in [0.2, 0.25) is 0 Å². The minimum Gasteiger partial charge on any atom is -0.409 e. The van der Waals surface area contributed by atoms with Crippen molar-refractivity contribution in [1.29, 1.82) is 0 Å². The fourth-order valence-corrected chi connectivity index (χ4v) is 2.24. The maximum absolute atomic E-state index is 12.2. The highest BCUT2D eigenvalue weighted by Crippen LogP contribution is 2.15. The zero-order valence-electron chi connectivity index (χ0n) is 10.7. The van der Waals surface area contributed by atoms with Crippen molar-refractivity contribution in [3.8, 4) is 0 Å². The van der Waals surface area contributed by atoms with Gasteiger partial charge in [0.2, 0.25) is 5.91 Å². The van der Waals surface area contributed by atoms with Crippen molar-refractivity contribution in [2.75, 3.05) is 7.05 Å². The predicted octanol–water partition coefficient (Wildman–Crippen LogP) is 1.12. The average Bonchev–Trinajstić information content (AvgIpc) is 2.81. The second-order valence-corrected chi connectivity index (χ2v) is 5.14. The lowest BCUT2D eigenvalue weighted by Gasteiger charge is -2.24. The third kappa shape index (κ3) is 3.43. The molecular formula is C11H18N4O2S. The summed E-state index contributed by atoms with van der Waals surface area (Å²) in [6.07, 6.45) is 0. The summed E-state index contributed by atoms with van der Waals surface area (Å²) in [5.41, 5.74) is 8.12. The van der Waals surface area contributed by atoms with Crippen LogP contribution in [-0.4, -0.2) is 33.9 Å². The van der Waals surface area contributed by atoms with Crippen molar-refractivity contribution in [2.45, 2.75) is 20.4 Å². The van der Waals surface area contributed by atoms with Crippen LogP contribution in [0.5, 0.6) is 0 Å². The lowest BCUT2D eigenvalue weighted by molar-refractivity contribution is -0.133. The van der Waals surface area contributed by atoms with E-state index in [0.29, 0.717) is 6.54 Å². The van der Waals surface area contributed by atoms with E-state index in [4.69, 9.17) is 10.9 Å². The fourth-order valence-electron chi connectivity index (χ4n) is 1.69. The van der Waals surface area contributed by atoms with E-state index in [1.165, 1.54) is 16.2 Å². The lowest BCUT2D eigenvalue weighted by Crippen LogP contribution is -2.42. The highest BCUT2D eigenvalue weighted by Gasteiger charge is 2.29. The number of carbonyl (C=O) groups is 1. The zero-order chi connectivity index (χ0) is 13.7. The third-order valence-electron chi connectivity index (χ3n) is 2.63. The summed E-state index contributed by atoms with van der Waals surface area (Å²) in [6, 6.07) is 0. The summed E-state index contributed by atoms with van der Waals surface area (Å²) < 4.78 is 0. The summed E-state index contributed by atoms with van der Waals surface area (Å²) in [5, 5.41) is 13.6. The number of oxime groups is 1. The van der Waals surface area contributed by atoms with Crippen LogP contribution in [0.4, 0.5) is 0 Å². The second kappa shape index (κ2) is 6.34. The molecule has 3 N–H and O–H groups in total. The number of amidine groups is 1. The van der Waals surface area contributed by atoms with Gasteiger partial charge in [-0.1, -0.05) is 19.0 Å². The van der Waals surface area contributed by atoms with Gasteiger partial charge in [-0.15, -0.1) is 11.3 Å². The van der Waals surface area contributed by atoms with Gasteiger partial charge < -0.3 is 15.8 Å². The number of nitrogens with zero attached hydrogens (tertiary/aromatic N) is 3. The van der Waals surface area contributed by atoms with E-state index in [1.807, 2.05) is 19.2 Å². The molecule has 1 unspecified atom stereocenters. The van der Waals surface area contributed by atoms with E-state index < -0.39 is 5.92 Å². The number of hydrogen-bond acceptors (Lipinski definition) is 5. The summed E-state index contributed by atoms with van der Waals surface area (Å²) in [5.74, 6) is -0.877. The van der Waals surface area contributed by atoms with E-state index in [1.54, 1.807) is 12.6 Å². The Labute approximate surface area is 110 Å². The molecule has 7 heteroatoms. The van der Waals surface area contributed by atoms with Crippen LogP contribution in [-0.2, 0) is 11.3 Å². The van der Waals surface area contributed by atoms with Gasteiger partial charge in [-0.2, -0.15) is 0 Å². The molecule has 0 fully saturated rings. The van der Waals surface area contributed by atoms with Gasteiger partial charge in [-0.05, 0) is 5.92 Å². The molecule has 6 nitrogen and oxygen atoms in total. The molecule has 1 aromatic heterocycles. The molecule has 0 aliphatic rings. The highest BCUT2D eigenvalue weighted by atomic mass is 32.1. The monoisotopic (exact) mass is 270 g/mol. The zero-order valence-corrected chi connectivity index (χ0v) is 11.5. The molecule has 1 amide bonds. The standard InChI is InChI=1S/C11H18N4O2S/c1-7(2)9(10(12)14-17)11(16)15(3)4-8-5-18-6-13-8/h5-7,9,17H,4H2,1-3H3,(H2,12,14). The first kappa shape index (κ1) is 14.4. The molecule has 1 atom stereocenters. The largest absolute Gasteiger partial charge is 0.409 e.